The molecule has 20 heavy (non-hydrogen) atoms. The Labute approximate surface area is 128 Å². The van der Waals surface area contributed by atoms with Crippen molar-refractivity contribution in [3.8, 4) is 5.75 Å². The van der Waals surface area contributed by atoms with Gasteiger partial charge in [0, 0.05) is 12.2 Å². The van der Waals surface area contributed by atoms with Gasteiger partial charge in [0.2, 0.25) is 0 Å². The molecule has 0 aliphatic rings. The summed E-state index contributed by atoms with van der Waals surface area (Å²) in [4.78, 5) is 0. The van der Waals surface area contributed by atoms with Crippen LogP contribution in [0.3, 0.4) is 0 Å². The molecular formula is C15H20BrN3O. The minimum absolute atomic E-state index is 0.609. The Bertz CT molecular complexity index is 580. The predicted octanol–water partition coefficient (Wildman–Crippen LogP) is 3.06. The van der Waals surface area contributed by atoms with E-state index >= 15 is 0 Å². The minimum Gasteiger partial charge on any atom is -0.492 e. The van der Waals surface area contributed by atoms with E-state index in [0.717, 1.165) is 34.7 Å². The molecule has 0 fully saturated rings. The van der Waals surface area contributed by atoms with Crippen molar-refractivity contribution in [2.24, 2.45) is 0 Å². The molecule has 108 valence electrons. The number of hydrogen-bond donors (Lipinski definition) is 1. The van der Waals surface area contributed by atoms with Crippen LogP contribution in [-0.2, 0) is 13.1 Å². The van der Waals surface area contributed by atoms with Gasteiger partial charge in [-0.05, 0) is 54.5 Å². The fourth-order valence-electron chi connectivity index (χ4n) is 2.09. The first kappa shape index (κ1) is 15.1. The second kappa shape index (κ2) is 6.90. The lowest BCUT2D eigenvalue weighted by atomic mass is 10.2. The zero-order valence-electron chi connectivity index (χ0n) is 12.1. The Morgan fingerprint density at radius 3 is 2.80 bits per heavy atom. The number of hydrogen-bond acceptors (Lipinski definition) is 3. The normalized spacial score (nSPS) is 10.8. The van der Waals surface area contributed by atoms with Crippen molar-refractivity contribution in [1.82, 2.24) is 15.1 Å². The van der Waals surface area contributed by atoms with Gasteiger partial charge < -0.3 is 10.1 Å². The lowest BCUT2D eigenvalue weighted by molar-refractivity contribution is 0.289. The quantitative estimate of drug-likeness (QED) is 0.880. The van der Waals surface area contributed by atoms with Gasteiger partial charge >= 0.3 is 0 Å². The number of nitrogens with one attached hydrogen (secondary N) is 1. The highest BCUT2D eigenvalue weighted by molar-refractivity contribution is 9.10. The summed E-state index contributed by atoms with van der Waals surface area (Å²) in [5.41, 5.74) is 3.37. The van der Waals surface area contributed by atoms with Gasteiger partial charge in [-0.2, -0.15) is 5.10 Å². The lowest BCUT2D eigenvalue weighted by Gasteiger charge is -2.09. The van der Waals surface area contributed by atoms with Crippen molar-refractivity contribution < 1.29 is 4.74 Å². The van der Waals surface area contributed by atoms with Crippen LogP contribution in [0.4, 0.5) is 0 Å². The number of benzene rings is 1. The molecule has 0 bridgehead atoms. The van der Waals surface area contributed by atoms with E-state index in [9.17, 15) is 0 Å². The molecule has 1 aromatic carbocycles. The topological polar surface area (TPSA) is 39.1 Å². The van der Waals surface area contributed by atoms with E-state index in [1.165, 1.54) is 5.56 Å². The SMILES string of the molecule is CNCc1cccc(OCCn2nc(C)c(Br)c2C)c1. The largest absolute Gasteiger partial charge is 0.492 e. The fraction of sp³-hybridized carbons (Fsp3) is 0.400. The molecule has 0 atom stereocenters. The lowest BCUT2D eigenvalue weighted by Crippen LogP contribution is -2.11. The molecule has 0 unspecified atom stereocenters. The summed E-state index contributed by atoms with van der Waals surface area (Å²) in [5.74, 6) is 0.901. The highest BCUT2D eigenvalue weighted by atomic mass is 79.9. The molecule has 1 N–H and O–H groups in total. The predicted molar refractivity (Wildman–Crippen MR) is 84.1 cm³/mol. The van der Waals surface area contributed by atoms with Gasteiger partial charge in [-0.25, -0.2) is 0 Å². The van der Waals surface area contributed by atoms with Crippen molar-refractivity contribution >= 4 is 15.9 Å². The fourth-order valence-corrected chi connectivity index (χ4v) is 2.38. The van der Waals surface area contributed by atoms with Gasteiger partial charge in [-0.3, -0.25) is 4.68 Å². The van der Waals surface area contributed by atoms with Crippen LogP contribution in [0.2, 0.25) is 0 Å². The van der Waals surface area contributed by atoms with Crippen LogP contribution in [-0.4, -0.2) is 23.4 Å². The van der Waals surface area contributed by atoms with E-state index in [-0.39, 0.29) is 0 Å². The van der Waals surface area contributed by atoms with Gasteiger partial charge in [0.1, 0.15) is 12.4 Å². The molecule has 0 saturated heterocycles. The maximum absolute atomic E-state index is 5.80. The maximum atomic E-state index is 5.80. The number of nitrogens with zero attached hydrogens (tertiary/aromatic N) is 2. The first-order valence-electron chi connectivity index (χ1n) is 6.67. The van der Waals surface area contributed by atoms with Crippen molar-refractivity contribution in [2.45, 2.75) is 26.9 Å². The van der Waals surface area contributed by atoms with Crippen LogP contribution in [0.5, 0.6) is 5.75 Å². The van der Waals surface area contributed by atoms with Crippen molar-refractivity contribution in [3.05, 3.63) is 45.7 Å². The standard InChI is InChI=1S/C15H20BrN3O/c1-11-15(16)12(2)19(18-11)7-8-20-14-6-4-5-13(9-14)10-17-3/h4-6,9,17H,7-8,10H2,1-3H3. The van der Waals surface area contributed by atoms with Crippen LogP contribution >= 0.6 is 15.9 Å². The Morgan fingerprint density at radius 2 is 2.15 bits per heavy atom. The Morgan fingerprint density at radius 1 is 1.35 bits per heavy atom. The summed E-state index contributed by atoms with van der Waals surface area (Å²) in [5, 5.41) is 7.60. The highest BCUT2D eigenvalue weighted by Crippen LogP contribution is 2.19. The summed E-state index contributed by atoms with van der Waals surface area (Å²) in [6.45, 7) is 6.25. The summed E-state index contributed by atoms with van der Waals surface area (Å²) < 4.78 is 8.84. The summed E-state index contributed by atoms with van der Waals surface area (Å²) >= 11 is 3.53. The van der Waals surface area contributed by atoms with Crippen molar-refractivity contribution in [1.29, 1.82) is 0 Å². The molecule has 0 aliphatic heterocycles. The summed E-state index contributed by atoms with van der Waals surface area (Å²) in [7, 11) is 1.94. The molecule has 2 rings (SSSR count). The van der Waals surface area contributed by atoms with Crippen molar-refractivity contribution in [3.63, 3.8) is 0 Å². The van der Waals surface area contributed by atoms with Crippen LogP contribution in [0.1, 0.15) is 17.0 Å². The average molecular weight is 338 g/mol. The molecule has 1 aromatic heterocycles. The second-order valence-corrected chi connectivity index (χ2v) is 5.53. The molecule has 4 nitrogen and oxygen atoms in total. The minimum atomic E-state index is 0.609. The number of rotatable bonds is 6. The monoisotopic (exact) mass is 337 g/mol. The van der Waals surface area contributed by atoms with E-state index in [1.54, 1.807) is 0 Å². The number of ether oxygens (including phenoxy) is 1. The third-order valence-corrected chi connectivity index (χ3v) is 4.29. The number of aryl methyl sites for hydroxylation is 1. The molecule has 0 radical (unpaired) electrons. The Kier molecular flexibility index (Phi) is 5.20. The first-order valence-corrected chi connectivity index (χ1v) is 7.47. The van der Waals surface area contributed by atoms with E-state index < -0.39 is 0 Å². The molecule has 0 amide bonds. The van der Waals surface area contributed by atoms with Crippen LogP contribution in [0.25, 0.3) is 0 Å². The van der Waals surface area contributed by atoms with Gasteiger partial charge in [-0.1, -0.05) is 12.1 Å². The molecule has 0 saturated carbocycles. The molecule has 1 heterocycles. The van der Waals surface area contributed by atoms with Crippen LogP contribution in [0, 0.1) is 13.8 Å². The Hall–Kier alpha value is -1.33. The molecular weight excluding hydrogens is 318 g/mol. The van der Waals surface area contributed by atoms with Crippen LogP contribution in [0.15, 0.2) is 28.7 Å². The third kappa shape index (κ3) is 3.61. The van der Waals surface area contributed by atoms with Gasteiger partial charge in [0.25, 0.3) is 0 Å². The number of aromatic nitrogens is 2. The van der Waals surface area contributed by atoms with Gasteiger partial charge in [0.05, 0.1) is 16.7 Å². The zero-order valence-corrected chi connectivity index (χ0v) is 13.7. The summed E-state index contributed by atoms with van der Waals surface area (Å²) in [6, 6.07) is 8.15. The highest BCUT2D eigenvalue weighted by Gasteiger charge is 2.08. The molecule has 2 aromatic rings. The summed E-state index contributed by atoms with van der Waals surface area (Å²) in [6.07, 6.45) is 0. The Balaban J connectivity index is 1.92. The molecule has 0 spiro atoms. The van der Waals surface area contributed by atoms with E-state index in [1.807, 2.05) is 30.8 Å². The maximum Gasteiger partial charge on any atom is 0.119 e. The van der Waals surface area contributed by atoms with Gasteiger partial charge in [-0.15, -0.1) is 0 Å². The van der Waals surface area contributed by atoms with E-state index in [4.69, 9.17) is 4.74 Å². The third-order valence-electron chi connectivity index (χ3n) is 3.14. The molecule has 0 aliphatic carbocycles. The van der Waals surface area contributed by atoms with Crippen LogP contribution < -0.4 is 10.1 Å². The van der Waals surface area contributed by atoms with E-state index in [2.05, 4.69) is 45.4 Å². The van der Waals surface area contributed by atoms with Crippen molar-refractivity contribution in [2.75, 3.05) is 13.7 Å². The smallest absolute Gasteiger partial charge is 0.119 e. The van der Waals surface area contributed by atoms with Gasteiger partial charge in [0.15, 0.2) is 0 Å². The second-order valence-electron chi connectivity index (χ2n) is 4.73. The zero-order chi connectivity index (χ0) is 14.5. The first-order chi connectivity index (χ1) is 9.61. The van der Waals surface area contributed by atoms with E-state index in [0.29, 0.717) is 6.61 Å². The molecule has 5 heteroatoms. The average Bonchev–Trinajstić information content (AvgIpc) is 2.67. The number of halogens is 1.